The van der Waals surface area contributed by atoms with Crippen LogP contribution in [0.25, 0.3) is 5.76 Å². The molecule has 1 amide bonds. The summed E-state index contributed by atoms with van der Waals surface area (Å²) in [5.74, 6) is -1.95. The van der Waals surface area contributed by atoms with Crippen LogP contribution in [0.4, 0.5) is 4.79 Å². The van der Waals surface area contributed by atoms with E-state index in [-0.39, 0.29) is 29.4 Å². The molecule has 11 heteroatoms. The van der Waals surface area contributed by atoms with Crippen molar-refractivity contribution in [2.45, 2.75) is 77.2 Å². The van der Waals surface area contributed by atoms with Gasteiger partial charge in [-0.25, -0.2) is 4.79 Å². The van der Waals surface area contributed by atoms with Crippen LogP contribution < -0.4 is 4.74 Å². The number of hydrogen-bond acceptors (Lipinski definition) is 10. The smallest absolute Gasteiger partial charge is 0.410 e. The van der Waals surface area contributed by atoms with E-state index < -0.39 is 53.6 Å². The van der Waals surface area contributed by atoms with Crippen molar-refractivity contribution >= 4 is 17.6 Å². The van der Waals surface area contributed by atoms with Crippen molar-refractivity contribution in [2.75, 3.05) is 7.05 Å². The number of ether oxygens (including phenoxy) is 5. The first kappa shape index (κ1) is 25.2. The molecule has 2 aromatic rings. The largest absolute Gasteiger partial charge is 0.506 e. The van der Waals surface area contributed by atoms with Gasteiger partial charge < -0.3 is 33.3 Å². The van der Waals surface area contributed by atoms with Crippen LogP contribution in [-0.2, 0) is 30.3 Å². The maximum Gasteiger partial charge on any atom is 0.410 e. The first-order valence-electron chi connectivity index (χ1n) is 12.0. The summed E-state index contributed by atoms with van der Waals surface area (Å²) < 4.78 is 34.7. The van der Waals surface area contributed by atoms with Crippen molar-refractivity contribution in [1.29, 1.82) is 0 Å². The zero-order chi connectivity index (χ0) is 26.7. The van der Waals surface area contributed by atoms with Gasteiger partial charge in [0.1, 0.15) is 35.7 Å². The lowest BCUT2D eigenvalue weighted by molar-refractivity contribution is -0.209. The molecule has 1 aromatic carbocycles. The monoisotopic (exact) mass is 514 g/mol. The molecular weight excluding hydrogens is 484 g/mol. The maximum absolute atomic E-state index is 13.6. The van der Waals surface area contributed by atoms with Gasteiger partial charge in [-0.15, -0.1) is 0 Å². The molecule has 37 heavy (non-hydrogen) atoms. The number of hydrogen-bond donors (Lipinski definition) is 1. The molecule has 0 bridgehead atoms. The van der Waals surface area contributed by atoms with Crippen LogP contribution in [0.2, 0.25) is 0 Å². The number of fused-ring (bicyclic) bond motifs is 3. The molecule has 2 saturated heterocycles. The molecule has 198 valence electrons. The highest BCUT2D eigenvalue weighted by atomic mass is 16.8. The van der Waals surface area contributed by atoms with E-state index in [1.807, 2.05) is 30.3 Å². The second-order valence-corrected chi connectivity index (χ2v) is 10.6. The van der Waals surface area contributed by atoms with Gasteiger partial charge >= 0.3 is 6.09 Å². The number of Topliss-reactive ketones (excluding diaryl/α,β-unsaturated/α-hetero) is 1. The van der Waals surface area contributed by atoms with Gasteiger partial charge in [0.15, 0.2) is 29.7 Å². The Morgan fingerprint density at radius 2 is 1.86 bits per heavy atom. The first-order valence-corrected chi connectivity index (χ1v) is 12.0. The van der Waals surface area contributed by atoms with Crippen LogP contribution in [0.15, 0.2) is 40.4 Å². The molecule has 0 spiro atoms. The molecule has 3 heterocycles. The molecule has 0 saturated carbocycles. The van der Waals surface area contributed by atoms with Crippen molar-refractivity contribution in [3.05, 3.63) is 52.8 Å². The minimum Gasteiger partial charge on any atom is -0.506 e. The Labute approximate surface area is 213 Å². The van der Waals surface area contributed by atoms with E-state index in [4.69, 9.17) is 28.2 Å². The zero-order valence-electron chi connectivity index (χ0n) is 21.5. The SMILES string of the molecule is CN(C(=O)OC(C)(C)C)[C@H]1c2onc(OCc3ccccc3)c2C(O)=C2C(=O)[C@@H]3OC(C)(C)O[C@@H]3O[C@H]21. The Morgan fingerprint density at radius 1 is 1.16 bits per heavy atom. The van der Waals surface area contributed by atoms with Crippen LogP contribution in [0.5, 0.6) is 5.88 Å². The van der Waals surface area contributed by atoms with Gasteiger partial charge in [0.25, 0.3) is 5.88 Å². The molecule has 1 N–H and O–H groups in total. The number of rotatable bonds is 4. The highest BCUT2D eigenvalue weighted by Crippen LogP contribution is 2.49. The van der Waals surface area contributed by atoms with Crippen LogP contribution in [0.3, 0.4) is 0 Å². The minimum absolute atomic E-state index is 0.0243. The number of nitrogens with zero attached hydrogens (tertiary/aromatic N) is 2. The van der Waals surface area contributed by atoms with Gasteiger partial charge in [-0.1, -0.05) is 30.3 Å². The van der Waals surface area contributed by atoms with Gasteiger partial charge in [0.05, 0.1) is 5.57 Å². The number of likely N-dealkylation sites (N-methyl/N-ethyl adjacent to an activating group) is 1. The topological polar surface area (TPSA) is 130 Å². The van der Waals surface area contributed by atoms with Gasteiger partial charge in [-0.05, 0) is 45.3 Å². The predicted molar refractivity (Wildman–Crippen MR) is 127 cm³/mol. The molecule has 3 aliphatic rings. The lowest BCUT2D eigenvalue weighted by atomic mass is 9.83. The van der Waals surface area contributed by atoms with Crippen molar-refractivity contribution in [3.63, 3.8) is 0 Å². The zero-order valence-corrected chi connectivity index (χ0v) is 21.5. The van der Waals surface area contributed by atoms with E-state index in [1.165, 1.54) is 11.9 Å². The summed E-state index contributed by atoms with van der Waals surface area (Å²) in [6.07, 6.45) is -3.96. The summed E-state index contributed by atoms with van der Waals surface area (Å²) in [6, 6.07) is 8.34. The van der Waals surface area contributed by atoms with E-state index in [0.717, 1.165) is 5.56 Å². The fraction of sp³-hybridized carbons (Fsp3) is 0.500. The standard InChI is InChI=1S/C26H30N2O9/c1-25(2,3)36-24(31)28(6)16-19-14(18(30)21-23(33-19)35-26(4,5)34-21)17(29)15-20(16)37-27-22(15)32-12-13-10-8-7-9-11-13/h7-11,16,19,21,23,29H,12H2,1-6H3/t16-,19-,21+,23+/m1/s1. The summed E-state index contributed by atoms with van der Waals surface area (Å²) in [7, 11) is 1.49. The van der Waals surface area contributed by atoms with Gasteiger partial charge in [-0.2, -0.15) is 0 Å². The molecule has 11 nitrogen and oxygen atoms in total. The lowest BCUT2D eigenvalue weighted by Gasteiger charge is -2.41. The average molecular weight is 515 g/mol. The second-order valence-electron chi connectivity index (χ2n) is 10.6. The Balaban J connectivity index is 1.56. The number of aliphatic hydroxyl groups is 1. The molecule has 0 unspecified atom stereocenters. The number of carbonyl (C=O) groups excluding carboxylic acids is 2. The van der Waals surface area contributed by atoms with E-state index in [2.05, 4.69) is 5.16 Å². The quantitative estimate of drug-likeness (QED) is 0.641. The highest BCUT2D eigenvalue weighted by molar-refractivity contribution is 6.07. The third kappa shape index (κ3) is 4.58. The number of amides is 1. The second kappa shape index (κ2) is 8.86. The fourth-order valence-electron chi connectivity index (χ4n) is 4.63. The van der Waals surface area contributed by atoms with E-state index in [0.29, 0.717) is 0 Å². The van der Waals surface area contributed by atoms with Crippen molar-refractivity contribution in [3.8, 4) is 5.88 Å². The molecule has 1 aromatic heterocycles. The van der Waals surface area contributed by atoms with Crippen LogP contribution in [0, 0.1) is 0 Å². The number of carbonyl (C=O) groups is 2. The van der Waals surface area contributed by atoms with Gasteiger partial charge in [0, 0.05) is 7.05 Å². The third-order valence-corrected chi connectivity index (χ3v) is 6.20. The maximum atomic E-state index is 13.6. The molecule has 2 aliphatic heterocycles. The average Bonchev–Trinajstić information content (AvgIpc) is 3.37. The summed E-state index contributed by atoms with van der Waals surface area (Å²) in [6.45, 7) is 8.68. The lowest BCUT2D eigenvalue weighted by Crippen LogP contribution is -2.53. The number of ketones is 1. The molecule has 1 aliphatic carbocycles. The van der Waals surface area contributed by atoms with E-state index in [9.17, 15) is 14.7 Å². The molecule has 4 atom stereocenters. The number of aromatic nitrogens is 1. The predicted octanol–water partition coefficient (Wildman–Crippen LogP) is 3.89. The Morgan fingerprint density at radius 3 is 2.54 bits per heavy atom. The molecular formula is C26H30N2O9. The minimum atomic E-state index is -1.13. The molecule has 0 radical (unpaired) electrons. The first-order chi connectivity index (χ1) is 17.4. The van der Waals surface area contributed by atoms with Gasteiger partial charge in [0.2, 0.25) is 0 Å². The number of benzene rings is 1. The number of aliphatic hydroxyl groups excluding tert-OH is 1. The van der Waals surface area contributed by atoms with E-state index in [1.54, 1.807) is 34.6 Å². The highest BCUT2D eigenvalue weighted by Gasteiger charge is 2.58. The van der Waals surface area contributed by atoms with Crippen LogP contribution in [-0.4, -0.2) is 64.0 Å². The van der Waals surface area contributed by atoms with Crippen molar-refractivity contribution < 1.29 is 42.9 Å². The summed E-state index contributed by atoms with van der Waals surface area (Å²) in [5.41, 5.74) is 0.0658. The summed E-state index contributed by atoms with van der Waals surface area (Å²) >= 11 is 0. The summed E-state index contributed by atoms with van der Waals surface area (Å²) in [5, 5.41) is 15.3. The molecule has 5 rings (SSSR count). The Hall–Kier alpha value is -3.41. The van der Waals surface area contributed by atoms with Crippen molar-refractivity contribution in [2.24, 2.45) is 0 Å². The Bertz CT molecular complexity index is 1240. The van der Waals surface area contributed by atoms with Crippen molar-refractivity contribution in [1.82, 2.24) is 10.1 Å². The van der Waals surface area contributed by atoms with Crippen LogP contribution in [0.1, 0.15) is 57.5 Å². The molecule has 2 fully saturated rings. The van der Waals surface area contributed by atoms with Crippen LogP contribution >= 0.6 is 0 Å². The normalized spacial score (nSPS) is 26.3. The Kier molecular flexibility index (Phi) is 6.05. The van der Waals surface area contributed by atoms with Gasteiger partial charge in [-0.3, -0.25) is 9.69 Å². The van der Waals surface area contributed by atoms with E-state index >= 15 is 0 Å². The fourth-order valence-corrected chi connectivity index (χ4v) is 4.63. The summed E-state index contributed by atoms with van der Waals surface area (Å²) in [4.78, 5) is 27.9. The third-order valence-electron chi connectivity index (χ3n) is 6.20.